The number of aryl methyl sites for hydroxylation is 1. The van der Waals surface area contributed by atoms with Crippen molar-refractivity contribution in [3.8, 4) is 28.6 Å². The minimum atomic E-state index is -0.131. The molecule has 3 aromatic rings. The van der Waals surface area contributed by atoms with Gasteiger partial charge in [-0.15, -0.1) is 0 Å². The highest BCUT2D eigenvalue weighted by Gasteiger charge is 2.11. The van der Waals surface area contributed by atoms with Gasteiger partial charge in [0.2, 0.25) is 5.82 Å². The molecular weight excluding hydrogens is 342 g/mol. The van der Waals surface area contributed by atoms with Gasteiger partial charge in [0.15, 0.2) is 6.61 Å². The lowest BCUT2D eigenvalue weighted by Crippen LogP contribution is -2.35. The fourth-order valence-corrected chi connectivity index (χ4v) is 2.42. The molecular formula is C21H23N3O3. The van der Waals surface area contributed by atoms with Gasteiger partial charge in [0.05, 0.1) is 0 Å². The summed E-state index contributed by atoms with van der Waals surface area (Å²) in [5.74, 6) is 1.46. The molecule has 27 heavy (non-hydrogen) atoms. The van der Waals surface area contributed by atoms with E-state index in [9.17, 15) is 4.79 Å². The highest BCUT2D eigenvalue weighted by atomic mass is 16.5. The first kappa shape index (κ1) is 18.6. The Kier molecular flexibility index (Phi) is 5.86. The fourth-order valence-electron chi connectivity index (χ4n) is 2.42. The summed E-state index contributed by atoms with van der Waals surface area (Å²) in [6.07, 6.45) is 0.884. The maximum Gasteiger partial charge on any atom is 0.258 e. The Labute approximate surface area is 158 Å². The van der Waals surface area contributed by atoms with E-state index in [-0.39, 0.29) is 18.6 Å². The van der Waals surface area contributed by atoms with Crippen LogP contribution in [-0.4, -0.2) is 28.7 Å². The van der Waals surface area contributed by atoms with Gasteiger partial charge in [-0.2, -0.15) is 4.98 Å². The lowest BCUT2D eigenvalue weighted by atomic mass is 10.1. The van der Waals surface area contributed by atoms with E-state index in [1.165, 1.54) is 5.56 Å². The Morgan fingerprint density at radius 2 is 1.78 bits per heavy atom. The summed E-state index contributed by atoms with van der Waals surface area (Å²) in [5, 5.41) is 6.90. The molecule has 0 unspecified atom stereocenters. The molecule has 0 aliphatic rings. The second-order valence-corrected chi connectivity index (χ2v) is 6.48. The number of carbonyl (C=O) groups excluding carboxylic acids is 1. The number of hydrogen-bond acceptors (Lipinski definition) is 5. The normalized spacial score (nSPS) is 11.8. The van der Waals surface area contributed by atoms with Crippen molar-refractivity contribution in [3.05, 3.63) is 54.1 Å². The third-order valence-corrected chi connectivity index (χ3v) is 4.23. The maximum atomic E-state index is 11.8. The Morgan fingerprint density at radius 1 is 1.11 bits per heavy atom. The Balaban J connectivity index is 1.62. The Bertz CT molecular complexity index is 886. The molecule has 3 rings (SSSR count). The standard InChI is InChI=1S/C21H23N3O3/c1-4-15(3)22-19(25)13-26-18-11-9-17(10-12-18)21-23-20(24-27-21)16-7-5-14(2)6-8-16/h5-12,15H,4,13H2,1-3H3,(H,22,25)/t15-/m0/s1. The molecule has 2 aromatic carbocycles. The average Bonchev–Trinajstić information content (AvgIpc) is 3.17. The van der Waals surface area contributed by atoms with E-state index in [0.29, 0.717) is 17.5 Å². The predicted octanol–water partition coefficient (Wildman–Crippen LogP) is 4.01. The molecule has 0 radical (unpaired) electrons. The second-order valence-electron chi connectivity index (χ2n) is 6.48. The van der Waals surface area contributed by atoms with Crippen molar-refractivity contribution in [1.82, 2.24) is 15.5 Å². The summed E-state index contributed by atoms with van der Waals surface area (Å²) in [7, 11) is 0. The summed E-state index contributed by atoms with van der Waals surface area (Å²) in [6.45, 7) is 6.00. The number of amides is 1. The first-order chi connectivity index (χ1) is 13.0. The van der Waals surface area contributed by atoms with E-state index >= 15 is 0 Å². The van der Waals surface area contributed by atoms with Crippen LogP contribution in [0.4, 0.5) is 0 Å². The molecule has 1 N–H and O–H groups in total. The Hall–Kier alpha value is -3.15. The SMILES string of the molecule is CC[C@H](C)NC(=O)COc1ccc(-c2nc(-c3ccc(C)cc3)no2)cc1. The zero-order chi connectivity index (χ0) is 19.2. The highest BCUT2D eigenvalue weighted by molar-refractivity contribution is 5.77. The number of hydrogen-bond donors (Lipinski definition) is 1. The van der Waals surface area contributed by atoms with E-state index in [1.54, 1.807) is 12.1 Å². The molecule has 1 aromatic heterocycles. The molecule has 0 saturated carbocycles. The van der Waals surface area contributed by atoms with Gasteiger partial charge in [-0.1, -0.05) is 41.9 Å². The van der Waals surface area contributed by atoms with Crippen molar-refractivity contribution in [2.45, 2.75) is 33.2 Å². The van der Waals surface area contributed by atoms with Crippen molar-refractivity contribution in [1.29, 1.82) is 0 Å². The van der Waals surface area contributed by atoms with Gasteiger partial charge in [0.25, 0.3) is 11.8 Å². The van der Waals surface area contributed by atoms with E-state index in [2.05, 4.69) is 15.5 Å². The van der Waals surface area contributed by atoms with Crippen LogP contribution in [0.3, 0.4) is 0 Å². The number of nitrogens with zero attached hydrogens (tertiary/aromatic N) is 2. The summed E-state index contributed by atoms with van der Waals surface area (Å²) >= 11 is 0. The molecule has 0 aliphatic carbocycles. The summed E-state index contributed by atoms with van der Waals surface area (Å²) in [5.41, 5.74) is 2.87. The molecule has 0 saturated heterocycles. The molecule has 6 heteroatoms. The number of rotatable bonds is 7. The average molecular weight is 365 g/mol. The summed E-state index contributed by atoms with van der Waals surface area (Å²) in [6, 6.07) is 15.3. The third-order valence-electron chi connectivity index (χ3n) is 4.23. The maximum absolute atomic E-state index is 11.8. The molecule has 6 nitrogen and oxygen atoms in total. The van der Waals surface area contributed by atoms with Crippen LogP contribution < -0.4 is 10.1 Å². The number of aromatic nitrogens is 2. The van der Waals surface area contributed by atoms with Crippen LogP contribution in [0, 0.1) is 6.92 Å². The van der Waals surface area contributed by atoms with Crippen LogP contribution in [0.25, 0.3) is 22.8 Å². The lowest BCUT2D eigenvalue weighted by molar-refractivity contribution is -0.123. The van der Waals surface area contributed by atoms with Crippen LogP contribution in [-0.2, 0) is 4.79 Å². The van der Waals surface area contributed by atoms with Gasteiger partial charge >= 0.3 is 0 Å². The van der Waals surface area contributed by atoms with Crippen LogP contribution in [0.15, 0.2) is 53.1 Å². The Morgan fingerprint density at radius 3 is 2.44 bits per heavy atom. The van der Waals surface area contributed by atoms with Gasteiger partial charge in [-0.25, -0.2) is 0 Å². The molecule has 0 fully saturated rings. The highest BCUT2D eigenvalue weighted by Crippen LogP contribution is 2.24. The van der Waals surface area contributed by atoms with Crippen molar-refractivity contribution in [2.75, 3.05) is 6.61 Å². The minimum absolute atomic E-state index is 0.0121. The number of nitrogens with one attached hydrogen (secondary N) is 1. The van der Waals surface area contributed by atoms with Gasteiger partial charge in [0.1, 0.15) is 5.75 Å². The van der Waals surface area contributed by atoms with E-state index in [1.807, 2.05) is 57.2 Å². The summed E-state index contributed by atoms with van der Waals surface area (Å²) in [4.78, 5) is 16.2. The number of benzene rings is 2. The molecule has 0 aliphatic heterocycles. The van der Waals surface area contributed by atoms with Crippen molar-refractivity contribution in [2.24, 2.45) is 0 Å². The van der Waals surface area contributed by atoms with Gasteiger partial charge in [-0.05, 0) is 44.5 Å². The third kappa shape index (κ3) is 4.94. The van der Waals surface area contributed by atoms with E-state index < -0.39 is 0 Å². The number of carbonyl (C=O) groups is 1. The van der Waals surface area contributed by atoms with Gasteiger partial charge in [0, 0.05) is 17.2 Å². The molecule has 140 valence electrons. The quantitative estimate of drug-likeness (QED) is 0.685. The van der Waals surface area contributed by atoms with E-state index in [0.717, 1.165) is 17.5 Å². The molecule has 0 spiro atoms. The van der Waals surface area contributed by atoms with Crippen LogP contribution in [0.5, 0.6) is 5.75 Å². The first-order valence-corrected chi connectivity index (χ1v) is 8.98. The van der Waals surface area contributed by atoms with Gasteiger partial charge in [-0.3, -0.25) is 4.79 Å². The fraction of sp³-hybridized carbons (Fsp3) is 0.286. The summed E-state index contributed by atoms with van der Waals surface area (Å²) < 4.78 is 10.9. The zero-order valence-electron chi connectivity index (χ0n) is 15.7. The smallest absolute Gasteiger partial charge is 0.258 e. The topological polar surface area (TPSA) is 77.2 Å². The largest absolute Gasteiger partial charge is 0.484 e. The van der Waals surface area contributed by atoms with Gasteiger partial charge < -0.3 is 14.6 Å². The van der Waals surface area contributed by atoms with Crippen LogP contribution in [0.2, 0.25) is 0 Å². The van der Waals surface area contributed by atoms with Crippen LogP contribution in [0.1, 0.15) is 25.8 Å². The van der Waals surface area contributed by atoms with Crippen molar-refractivity contribution < 1.29 is 14.1 Å². The van der Waals surface area contributed by atoms with Crippen LogP contribution >= 0.6 is 0 Å². The molecule has 1 atom stereocenters. The minimum Gasteiger partial charge on any atom is -0.484 e. The molecule has 0 bridgehead atoms. The number of ether oxygens (including phenoxy) is 1. The molecule has 1 heterocycles. The zero-order valence-corrected chi connectivity index (χ0v) is 15.7. The van der Waals surface area contributed by atoms with Crippen molar-refractivity contribution >= 4 is 5.91 Å². The van der Waals surface area contributed by atoms with E-state index in [4.69, 9.17) is 9.26 Å². The first-order valence-electron chi connectivity index (χ1n) is 8.98. The predicted molar refractivity (Wildman–Crippen MR) is 103 cm³/mol. The second kappa shape index (κ2) is 8.49. The lowest BCUT2D eigenvalue weighted by Gasteiger charge is -2.12. The monoisotopic (exact) mass is 365 g/mol. The molecule has 1 amide bonds. The van der Waals surface area contributed by atoms with Crippen molar-refractivity contribution in [3.63, 3.8) is 0 Å².